The van der Waals surface area contributed by atoms with Gasteiger partial charge in [0.2, 0.25) is 0 Å². The summed E-state index contributed by atoms with van der Waals surface area (Å²) in [6.07, 6.45) is 1.81. The Labute approximate surface area is 210 Å². The van der Waals surface area contributed by atoms with Gasteiger partial charge in [-0.25, -0.2) is 4.79 Å². The molecule has 5 rings (SSSR count). The molecule has 3 aromatic rings. The van der Waals surface area contributed by atoms with Crippen molar-refractivity contribution < 1.29 is 28.9 Å². The summed E-state index contributed by atoms with van der Waals surface area (Å²) >= 11 is 0. The van der Waals surface area contributed by atoms with Gasteiger partial charge in [-0.15, -0.1) is 0 Å². The number of aromatic hydroxyl groups is 1. The van der Waals surface area contributed by atoms with E-state index in [4.69, 9.17) is 19.2 Å². The minimum absolute atomic E-state index is 0.0506. The first-order chi connectivity index (χ1) is 17.5. The Bertz CT molecular complexity index is 1310. The van der Waals surface area contributed by atoms with E-state index in [9.17, 15) is 14.7 Å². The van der Waals surface area contributed by atoms with E-state index in [-0.39, 0.29) is 35.5 Å². The van der Waals surface area contributed by atoms with Crippen molar-refractivity contribution in [3.8, 4) is 22.6 Å². The first kappa shape index (κ1) is 24.0. The number of para-hydroxylation sites is 1. The molecule has 1 saturated heterocycles. The van der Waals surface area contributed by atoms with E-state index >= 15 is 0 Å². The fourth-order valence-electron chi connectivity index (χ4n) is 5.27. The zero-order valence-electron chi connectivity index (χ0n) is 20.5. The minimum Gasteiger partial charge on any atom is -0.508 e. The molecule has 0 amide bonds. The Kier molecular flexibility index (Phi) is 6.74. The molecule has 1 aliphatic heterocycles. The summed E-state index contributed by atoms with van der Waals surface area (Å²) < 4.78 is 16.8. The normalized spacial score (nSPS) is 17.9. The minimum atomic E-state index is -0.507. The molecule has 7 nitrogen and oxygen atoms in total. The van der Waals surface area contributed by atoms with Gasteiger partial charge in [0.05, 0.1) is 37.3 Å². The second kappa shape index (κ2) is 10.1. The highest BCUT2D eigenvalue weighted by molar-refractivity contribution is 6.10. The number of hydrogen-bond acceptors (Lipinski definition) is 7. The van der Waals surface area contributed by atoms with Crippen molar-refractivity contribution in [1.29, 1.82) is 0 Å². The second-order valence-corrected chi connectivity index (χ2v) is 9.31. The average molecular weight is 488 g/mol. The number of pyridine rings is 1. The van der Waals surface area contributed by atoms with E-state index < -0.39 is 5.97 Å². The molecule has 0 bridgehead atoms. The SMILES string of the molecule is COc1ccccc1C1CC(=O)c2c(nc(C)c(C(=O)OC3CCOCC3)c2-c2cccc(O)c2)C1. The zero-order valence-corrected chi connectivity index (χ0v) is 20.5. The number of ether oxygens (including phenoxy) is 3. The molecule has 0 spiro atoms. The smallest absolute Gasteiger partial charge is 0.340 e. The van der Waals surface area contributed by atoms with Crippen molar-refractivity contribution in [2.45, 2.75) is 44.6 Å². The molecule has 1 aliphatic carbocycles. The van der Waals surface area contributed by atoms with E-state index in [0.717, 1.165) is 11.3 Å². The van der Waals surface area contributed by atoms with Crippen molar-refractivity contribution in [2.24, 2.45) is 0 Å². The van der Waals surface area contributed by atoms with Crippen LogP contribution in [-0.2, 0) is 15.9 Å². The van der Waals surface area contributed by atoms with E-state index in [1.54, 1.807) is 38.3 Å². The summed E-state index contributed by atoms with van der Waals surface area (Å²) in [5, 5.41) is 10.2. The number of aromatic nitrogens is 1. The predicted molar refractivity (Wildman–Crippen MR) is 134 cm³/mol. The Morgan fingerprint density at radius 3 is 2.58 bits per heavy atom. The van der Waals surface area contributed by atoms with Gasteiger partial charge < -0.3 is 19.3 Å². The number of esters is 1. The number of Topliss-reactive ketones (excluding diaryl/α,β-unsaturated/α-hetero) is 1. The molecule has 186 valence electrons. The first-order valence-corrected chi connectivity index (χ1v) is 12.2. The third-order valence-corrected chi connectivity index (χ3v) is 6.96. The van der Waals surface area contributed by atoms with Gasteiger partial charge in [-0.1, -0.05) is 30.3 Å². The molecule has 36 heavy (non-hydrogen) atoms. The molecular weight excluding hydrogens is 458 g/mol. The van der Waals surface area contributed by atoms with Crippen LogP contribution >= 0.6 is 0 Å². The lowest BCUT2D eigenvalue weighted by atomic mass is 9.77. The molecule has 1 unspecified atom stereocenters. The van der Waals surface area contributed by atoms with Crippen molar-refractivity contribution in [1.82, 2.24) is 4.98 Å². The number of methoxy groups -OCH3 is 1. The van der Waals surface area contributed by atoms with Crippen LogP contribution in [-0.4, -0.2) is 48.3 Å². The van der Waals surface area contributed by atoms with Crippen LogP contribution in [0.15, 0.2) is 48.5 Å². The van der Waals surface area contributed by atoms with Crippen LogP contribution < -0.4 is 4.74 Å². The highest BCUT2D eigenvalue weighted by atomic mass is 16.6. The molecule has 1 atom stereocenters. The number of carbonyl (C=O) groups excluding carboxylic acids is 2. The Morgan fingerprint density at radius 2 is 1.83 bits per heavy atom. The molecule has 1 fully saturated rings. The van der Waals surface area contributed by atoms with Gasteiger partial charge >= 0.3 is 5.97 Å². The van der Waals surface area contributed by atoms with Crippen LogP contribution in [0.3, 0.4) is 0 Å². The number of aryl methyl sites for hydroxylation is 1. The van der Waals surface area contributed by atoms with Gasteiger partial charge in [0.25, 0.3) is 0 Å². The van der Waals surface area contributed by atoms with Crippen LogP contribution in [0, 0.1) is 6.92 Å². The maximum Gasteiger partial charge on any atom is 0.340 e. The Hall–Kier alpha value is -3.71. The lowest BCUT2D eigenvalue weighted by Gasteiger charge is -2.28. The maximum absolute atomic E-state index is 13.7. The summed E-state index contributed by atoms with van der Waals surface area (Å²) in [5.74, 6) is 0.0888. The van der Waals surface area contributed by atoms with E-state index in [1.807, 2.05) is 24.3 Å². The molecule has 2 aromatic carbocycles. The van der Waals surface area contributed by atoms with Gasteiger partial charge in [0.15, 0.2) is 5.78 Å². The molecule has 0 saturated carbocycles. The summed E-state index contributed by atoms with van der Waals surface area (Å²) in [5.41, 5.74) is 3.86. The summed E-state index contributed by atoms with van der Waals surface area (Å²) in [6.45, 7) is 2.85. The fourth-order valence-corrected chi connectivity index (χ4v) is 5.27. The van der Waals surface area contributed by atoms with Crippen LogP contribution in [0.1, 0.15) is 62.8 Å². The second-order valence-electron chi connectivity index (χ2n) is 9.31. The van der Waals surface area contributed by atoms with Crippen LogP contribution in [0.5, 0.6) is 11.5 Å². The number of fused-ring (bicyclic) bond motifs is 1. The van der Waals surface area contributed by atoms with Crippen molar-refractivity contribution in [3.05, 3.63) is 76.6 Å². The predicted octanol–water partition coefficient (Wildman–Crippen LogP) is 5.02. The summed E-state index contributed by atoms with van der Waals surface area (Å²) in [4.78, 5) is 32.0. The number of benzene rings is 2. The van der Waals surface area contributed by atoms with E-state index in [2.05, 4.69) is 0 Å². The van der Waals surface area contributed by atoms with Gasteiger partial charge in [-0.05, 0) is 42.7 Å². The van der Waals surface area contributed by atoms with Gasteiger partial charge in [-0.2, -0.15) is 0 Å². The monoisotopic (exact) mass is 487 g/mol. The third-order valence-electron chi connectivity index (χ3n) is 6.96. The van der Waals surface area contributed by atoms with Gasteiger partial charge in [0.1, 0.15) is 17.6 Å². The molecule has 2 aliphatic rings. The number of ketones is 1. The Morgan fingerprint density at radius 1 is 1.06 bits per heavy atom. The summed E-state index contributed by atoms with van der Waals surface area (Å²) in [7, 11) is 1.62. The number of carbonyl (C=O) groups is 2. The van der Waals surface area contributed by atoms with Crippen LogP contribution in [0.4, 0.5) is 0 Å². The van der Waals surface area contributed by atoms with Crippen LogP contribution in [0.25, 0.3) is 11.1 Å². The number of nitrogens with zero attached hydrogens (tertiary/aromatic N) is 1. The van der Waals surface area contributed by atoms with Crippen molar-refractivity contribution >= 4 is 11.8 Å². The number of hydrogen-bond donors (Lipinski definition) is 1. The van der Waals surface area contributed by atoms with Crippen molar-refractivity contribution in [2.75, 3.05) is 20.3 Å². The first-order valence-electron chi connectivity index (χ1n) is 12.2. The molecule has 7 heteroatoms. The number of phenolic OH excluding ortho intramolecular Hbond substituents is 1. The van der Waals surface area contributed by atoms with Gasteiger partial charge in [-0.3, -0.25) is 9.78 Å². The van der Waals surface area contributed by atoms with Gasteiger partial charge in [0, 0.05) is 36.3 Å². The molecular formula is C29H29NO6. The molecule has 0 radical (unpaired) electrons. The summed E-state index contributed by atoms with van der Waals surface area (Å²) in [6, 6.07) is 14.3. The highest BCUT2D eigenvalue weighted by Gasteiger charge is 2.35. The number of rotatable bonds is 5. The number of phenols is 1. The lowest BCUT2D eigenvalue weighted by Crippen LogP contribution is -2.28. The standard InChI is InChI=1S/C29H29NO6/c1-17-26(29(33)36-21-10-12-35-13-11-21)27(18-6-5-7-20(31)14-18)28-23(30-17)15-19(16-24(28)32)22-8-3-4-9-25(22)34-2/h3-9,14,19,21,31H,10-13,15-16H2,1-2H3. The highest BCUT2D eigenvalue weighted by Crippen LogP contribution is 2.42. The molecule has 1 N–H and O–H groups in total. The largest absolute Gasteiger partial charge is 0.508 e. The van der Waals surface area contributed by atoms with E-state index in [1.165, 1.54) is 0 Å². The third kappa shape index (κ3) is 4.58. The average Bonchev–Trinajstić information content (AvgIpc) is 2.88. The lowest BCUT2D eigenvalue weighted by molar-refractivity contribution is -0.0159. The van der Waals surface area contributed by atoms with Crippen LogP contribution in [0.2, 0.25) is 0 Å². The zero-order chi connectivity index (χ0) is 25.2. The molecule has 1 aromatic heterocycles. The fraction of sp³-hybridized carbons (Fsp3) is 0.345. The van der Waals surface area contributed by atoms with Crippen molar-refractivity contribution in [3.63, 3.8) is 0 Å². The quantitative estimate of drug-likeness (QED) is 0.505. The topological polar surface area (TPSA) is 95.0 Å². The molecule has 2 heterocycles. The van der Waals surface area contributed by atoms with E-state index in [0.29, 0.717) is 60.6 Å². The Balaban J connectivity index is 1.62. The maximum atomic E-state index is 13.7.